The number of rotatable bonds is 3. The lowest BCUT2D eigenvalue weighted by Crippen LogP contribution is -2.25. The first-order valence-corrected chi connectivity index (χ1v) is 4.86. The first-order chi connectivity index (χ1) is 5.14. The maximum Gasteiger partial charge on any atom is 0.271 e. The van der Waals surface area contributed by atoms with Gasteiger partial charge >= 0.3 is 0 Å². The minimum absolute atomic E-state index is 0.113. The fourth-order valence-electron chi connectivity index (χ4n) is 1.23. The summed E-state index contributed by atoms with van der Waals surface area (Å²) in [6, 6.07) is 0. The second-order valence-electron chi connectivity index (χ2n) is 2.95. The Balaban J connectivity index is 2.28. The van der Waals surface area contributed by atoms with Crippen molar-refractivity contribution in [1.29, 1.82) is 0 Å². The lowest BCUT2D eigenvalue weighted by molar-refractivity contribution is -0.0655. The van der Waals surface area contributed by atoms with Crippen LogP contribution in [0, 0.1) is 5.92 Å². The number of thioether (sulfide) groups is 1. The molecule has 4 heteroatoms. The Kier molecular flexibility index (Phi) is 3.13. The van der Waals surface area contributed by atoms with Crippen LogP contribution in [0.3, 0.4) is 0 Å². The molecular weight excluding hydrogens is 170 g/mol. The Morgan fingerprint density at radius 2 is 2.27 bits per heavy atom. The van der Waals surface area contributed by atoms with E-state index >= 15 is 0 Å². The zero-order valence-electron chi connectivity index (χ0n) is 6.22. The molecule has 0 radical (unpaired) electrons. The molecule has 11 heavy (non-hydrogen) atoms. The molecule has 1 unspecified atom stereocenters. The van der Waals surface area contributed by atoms with Crippen molar-refractivity contribution in [2.24, 2.45) is 5.92 Å². The molecule has 0 aromatic heterocycles. The molecule has 1 aliphatic rings. The van der Waals surface area contributed by atoms with Crippen molar-refractivity contribution >= 4 is 11.8 Å². The molecule has 1 nitrogen and oxygen atoms in total. The van der Waals surface area contributed by atoms with Crippen molar-refractivity contribution in [3.8, 4) is 0 Å². The zero-order valence-corrected chi connectivity index (χ0v) is 7.04. The summed E-state index contributed by atoms with van der Waals surface area (Å²) in [4.78, 5) is 0. The molecule has 0 saturated carbocycles. The lowest BCUT2D eigenvalue weighted by atomic mass is 10.0. The Bertz CT molecular complexity index is 124. The van der Waals surface area contributed by atoms with Crippen LogP contribution in [-0.2, 0) is 0 Å². The molecule has 0 aromatic rings. The van der Waals surface area contributed by atoms with E-state index in [1.165, 1.54) is 0 Å². The highest BCUT2D eigenvalue weighted by molar-refractivity contribution is 7.99. The minimum Gasteiger partial charge on any atom is -0.390 e. The number of hydrogen-bond donors (Lipinski definition) is 1. The summed E-state index contributed by atoms with van der Waals surface area (Å²) in [7, 11) is 0. The molecule has 1 saturated heterocycles. The van der Waals surface area contributed by atoms with Crippen LogP contribution in [0.25, 0.3) is 0 Å². The van der Waals surface area contributed by atoms with Crippen LogP contribution in [0.4, 0.5) is 8.78 Å². The van der Waals surface area contributed by atoms with Gasteiger partial charge in [0, 0.05) is 6.42 Å². The Labute approximate surface area is 69.2 Å². The molecule has 1 N–H and O–H groups in total. The van der Waals surface area contributed by atoms with Gasteiger partial charge in [-0.1, -0.05) is 0 Å². The molecule has 0 amide bonds. The predicted octanol–water partition coefficient (Wildman–Crippen LogP) is 1.76. The first kappa shape index (κ1) is 9.26. The lowest BCUT2D eigenvalue weighted by Gasteiger charge is -2.16. The second kappa shape index (κ2) is 3.72. The standard InChI is InChI=1S/C7H12F2OS/c8-7(9,5-10)3-6-1-2-11-4-6/h6,10H,1-5H2. The van der Waals surface area contributed by atoms with E-state index in [4.69, 9.17) is 5.11 Å². The quantitative estimate of drug-likeness (QED) is 0.717. The van der Waals surface area contributed by atoms with Crippen LogP contribution in [0.2, 0.25) is 0 Å². The van der Waals surface area contributed by atoms with Crippen LogP contribution < -0.4 is 0 Å². The van der Waals surface area contributed by atoms with E-state index in [9.17, 15) is 8.78 Å². The van der Waals surface area contributed by atoms with Gasteiger partial charge in [-0.3, -0.25) is 0 Å². The van der Waals surface area contributed by atoms with Crippen LogP contribution in [-0.4, -0.2) is 29.1 Å². The van der Waals surface area contributed by atoms with Crippen molar-refractivity contribution in [3.05, 3.63) is 0 Å². The van der Waals surface area contributed by atoms with Crippen LogP contribution in [0.15, 0.2) is 0 Å². The van der Waals surface area contributed by atoms with E-state index in [0.717, 1.165) is 17.9 Å². The molecule has 1 rings (SSSR count). The number of halogens is 2. The molecule has 0 bridgehead atoms. The van der Waals surface area contributed by atoms with Crippen molar-refractivity contribution in [1.82, 2.24) is 0 Å². The molecule has 1 aliphatic heterocycles. The van der Waals surface area contributed by atoms with E-state index in [-0.39, 0.29) is 12.3 Å². The van der Waals surface area contributed by atoms with Crippen LogP contribution >= 0.6 is 11.8 Å². The summed E-state index contributed by atoms with van der Waals surface area (Å²) in [5.41, 5.74) is 0. The van der Waals surface area contributed by atoms with E-state index in [1.807, 2.05) is 0 Å². The van der Waals surface area contributed by atoms with E-state index in [1.54, 1.807) is 11.8 Å². The predicted molar refractivity (Wildman–Crippen MR) is 42.1 cm³/mol. The number of aliphatic hydroxyl groups is 1. The summed E-state index contributed by atoms with van der Waals surface area (Å²) >= 11 is 1.72. The topological polar surface area (TPSA) is 20.2 Å². The highest BCUT2D eigenvalue weighted by Gasteiger charge is 2.32. The highest BCUT2D eigenvalue weighted by atomic mass is 32.2. The molecule has 1 atom stereocenters. The molecular formula is C7H12F2OS. The van der Waals surface area contributed by atoms with Crippen LogP contribution in [0.5, 0.6) is 0 Å². The van der Waals surface area contributed by atoms with Gasteiger partial charge < -0.3 is 5.11 Å². The molecule has 0 aromatic carbocycles. The van der Waals surface area contributed by atoms with Crippen LogP contribution in [0.1, 0.15) is 12.8 Å². The van der Waals surface area contributed by atoms with Gasteiger partial charge in [0.05, 0.1) is 0 Å². The van der Waals surface area contributed by atoms with Gasteiger partial charge in [0.15, 0.2) is 0 Å². The smallest absolute Gasteiger partial charge is 0.271 e. The van der Waals surface area contributed by atoms with E-state index < -0.39 is 12.5 Å². The zero-order chi connectivity index (χ0) is 8.32. The summed E-state index contributed by atoms with van der Waals surface area (Å²) in [5, 5.41) is 8.30. The normalized spacial score (nSPS) is 25.9. The van der Waals surface area contributed by atoms with Crippen molar-refractivity contribution in [2.45, 2.75) is 18.8 Å². The molecule has 1 heterocycles. The van der Waals surface area contributed by atoms with Gasteiger partial charge in [0.25, 0.3) is 5.92 Å². The minimum atomic E-state index is -2.85. The van der Waals surface area contributed by atoms with Gasteiger partial charge in [-0.25, -0.2) is 8.78 Å². The van der Waals surface area contributed by atoms with Crippen molar-refractivity contribution in [2.75, 3.05) is 18.1 Å². The summed E-state index contributed by atoms with van der Waals surface area (Å²) in [6.07, 6.45) is 0.733. The molecule has 0 spiro atoms. The second-order valence-corrected chi connectivity index (χ2v) is 4.10. The van der Waals surface area contributed by atoms with Gasteiger partial charge in [-0.2, -0.15) is 11.8 Å². The third kappa shape index (κ3) is 2.95. The fourth-order valence-corrected chi connectivity index (χ4v) is 2.52. The Morgan fingerprint density at radius 3 is 2.73 bits per heavy atom. The molecule has 1 fully saturated rings. The van der Waals surface area contributed by atoms with Gasteiger partial charge in [-0.15, -0.1) is 0 Å². The molecule has 0 aliphatic carbocycles. The Morgan fingerprint density at radius 1 is 1.55 bits per heavy atom. The third-order valence-electron chi connectivity index (χ3n) is 1.84. The van der Waals surface area contributed by atoms with Gasteiger partial charge in [0.2, 0.25) is 0 Å². The maximum absolute atomic E-state index is 12.5. The SMILES string of the molecule is OCC(F)(F)CC1CCSC1. The average molecular weight is 182 g/mol. The monoisotopic (exact) mass is 182 g/mol. The fraction of sp³-hybridized carbons (Fsp3) is 1.00. The summed E-state index contributed by atoms with van der Waals surface area (Å²) in [6.45, 7) is -1.01. The van der Waals surface area contributed by atoms with E-state index in [2.05, 4.69) is 0 Å². The highest BCUT2D eigenvalue weighted by Crippen LogP contribution is 2.32. The van der Waals surface area contributed by atoms with Gasteiger partial charge in [-0.05, 0) is 23.8 Å². The summed E-state index contributed by atoms with van der Waals surface area (Å²) in [5.74, 6) is -0.917. The third-order valence-corrected chi connectivity index (χ3v) is 3.07. The van der Waals surface area contributed by atoms with Crippen molar-refractivity contribution < 1.29 is 13.9 Å². The maximum atomic E-state index is 12.5. The Hall–Kier alpha value is 0.170. The largest absolute Gasteiger partial charge is 0.390 e. The first-order valence-electron chi connectivity index (χ1n) is 3.70. The number of aliphatic hydroxyl groups excluding tert-OH is 1. The van der Waals surface area contributed by atoms with E-state index in [0.29, 0.717) is 0 Å². The number of hydrogen-bond acceptors (Lipinski definition) is 2. The average Bonchev–Trinajstić information content (AvgIpc) is 2.39. The number of alkyl halides is 2. The van der Waals surface area contributed by atoms with Gasteiger partial charge in [0.1, 0.15) is 6.61 Å². The van der Waals surface area contributed by atoms with Crippen molar-refractivity contribution in [3.63, 3.8) is 0 Å². The molecule has 66 valence electrons. The summed E-state index contributed by atoms with van der Waals surface area (Å²) < 4.78 is 25.1.